The number of fused-ring (bicyclic) bond motifs is 1. The normalized spacial score (nSPS) is 14.7. The fourth-order valence-electron chi connectivity index (χ4n) is 3.46. The second-order valence-corrected chi connectivity index (χ2v) is 8.15. The molecule has 0 saturated carbocycles. The Bertz CT molecular complexity index is 1080. The van der Waals surface area contributed by atoms with Crippen molar-refractivity contribution in [2.24, 2.45) is 5.10 Å². The van der Waals surface area contributed by atoms with Gasteiger partial charge in [0.25, 0.3) is 5.91 Å². The third-order valence-corrected chi connectivity index (χ3v) is 5.71. The Morgan fingerprint density at radius 1 is 1.13 bits per heavy atom. The Labute approximate surface area is 190 Å². The van der Waals surface area contributed by atoms with E-state index in [0.717, 1.165) is 34.4 Å². The van der Waals surface area contributed by atoms with Gasteiger partial charge in [-0.25, -0.2) is 5.43 Å². The zero-order chi connectivity index (χ0) is 21.5. The summed E-state index contributed by atoms with van der Waals surface area (Å²) in [6, 6.07) is 20.2. The molecule has 1 N–H and O–H groups in total. The second-order valence-electron chi connectivity index (χ2n) is 7.30. The second kappa shape index (κ2) is 10.5. The number of nitrogens with one attached hydrogen (secondary N) is 1. The summed E-state index contributed by atoms with van der Waals surface area (Å²) in [5.41, 5.74) is 4.57. The number of hydrazone groups is 1. The number of morpholine rings is 1. The molecule has 160 valence electrons. The number of halogens is 1. The first-order chi connectivity index (χ1) is 15.2. The van der Waals surface area contributed by atoms with E-state index in [2.05, 4.69) is 50.7 Å². The van der Waals surface area contributed by atoms with Crippen LogP contribution in [0.2, 0.25) is 0 Å². The van der Waals surface area contributed by atoms with Crippen molar-refractivity contribution in [3.63, 3.8) is 0 Å². The van der Waals surface area contributed by atoms with E-state index < -0.39 is 0 Å². The van der Waals surface area contributed by atoms with E-state index in [4.69, 9.17) is 9.47 Å². The molecule has 6 nitrogen and oxygen atoms in total. The van der Waals surface area contributed by atoms with Crippen molar-refractivity contribution in [2.75, 3.05) is 32.8 Å². The Morgan fingerprint density at radius 3 is 2.77 bits per heavy atom. The fraction of sp³-hybridized carbons (Fsp3) is 0.250. The van der Waals surface area contributed by atoms with Crippen molar-refractivity contribution < 1.29 is 14.3 Å². The maximum absolute atomic E-state index is 12.0. The van der Waals surface area contributed by atoms with Gasteiger partial charge in [-0.05, 0) is 56.0 Å². The Hall–Kier alpha value is -2.74. The molecular formula is C24H24BrN3O3. The van der Waals surface area contributed by atoms with Crippen molar-refractivity contribution in [2.45, 2.75) is 6.61 Å². The molecule has 0 spiro atoms. The van der Waals surface area contributed by atoms with Gasteiger partial charge in [-0.2, -0.15) is 5.10 Å². The highest BCUT2D eigenvalue weighted by atomic mass is 79.9. The lowest BCUT2D eigenvalue weighted by molar-refractivity contribution is -0.123. The maximum atomic E-state index is 12.0. The van der Waals surface area contributed by atoms with Crippen LogP contribution in [0.3, 0.4) is 0 Å². The first-order valence-corrected chi connectivity index (χ1v) is 11.0. The van der Waals surface area contributed by atoms with Crippen LogP contribution in [0.4, 0.5) is 0 Å². The molecule has 0 atom stereocenters. The van der Waals surface area contributed by atoms with Crippen molar-refractivity contribution in [3.8, 4) is 5.75 Å². The van der Waals surface area contributed by atoms with Gasteiger partial charge in [0.15, 0.2) is 0 Å². The van der Waals surface area contributed by atoms with Gasteiger partial charge in [0.1, 0.15) is 12.4 Å². The number of benzene rings is 3. The number of ether oxygens (including phenoxy) is 2. The first-order valence-electron chi connectivity index (χ1n) is 10.2. The molecule has 1 saturated heterocycles. The SMILES string of the molecule is O=C(CN1CCOCC1)NN=Cc1ccc(OCc2cccc3ccccc23)c(Br)c1. The van der Waals surface area contributed by atoms with E-state index in [9.17, 15) is 4.79 Å². The predicted molar refractivity (Wildman–Crippen MR) is 125 cm³/mol. The van der Waals surface area contributed by atoms with Crippen molar-refractivity contribution in [1.82, 2.24) is 10.3 Å². The predicted octanol–water partition coefficient (Wildman–Crippen LogP) is 3.96. The Balaban J connectivity index is 1.32. The van der Waals surface area contributed by atoms with E-state index in [1.54, 1.807) is 6.21 Å². The standard InChI is InChI=1S/C24H24BrN3O3/c25-22-14-18(15-26-27-24(29)16-28-10-12-30-13-11-28)8-9-23(22)31-17-20-6-3-5-19-4-1-2-7-21(19)20/h1-9,14-15H,10-13,16-17H2,(H,27,29). The van der Waals surface area contributed by atoms with Gasteiger partial charge in [-0.1, -0.05) is 42.5 Å². The Kier molecular flexibility index (Phi) is 7.30. The molecule has 1 aliphatic rings. The smallest absolute Gasteiger partial charge is 0.254 e. The van der Waals surface area contributed by atoms with Crippen molar-refractivity contribution >= 4 is 38.8 Å². The highest BCUT2D eigenvalue weighted by Gasteiger charge is 2.13. The van der Waals surface area contributed by atoms with Gasteiger partial charge in [-0.3, -0.25) is 9.69 Å². The number of nitrogens with zero attached hydrogens (tertiary/aromatic N) is 2. The zero-order valence-electron chi connectivity index (χ0n) is 17.1. The van der Waals surface area contributed by atoms with Crippen LogP contribution in [0.1, 0.15) is 11.1 Å². The minimum atomic E-state index is -0.132. The van der Waals surface area contributed by atoms with Gasteiger partial charge in [0.05, 0.1) is 30.4 Å². The quantitative estimate of drug-likeness (QED) is 0.409. The van der Waals surface area contributed by atoms with Crippen LogP contribution in [0.15, 0.2) is 70.2 Å². The summed E-state index contributed by atoms with van der Waals surface area (Å²) in [6.07, 6.45) is 1.62. The highest BCUT2D eigenvalue weighted by Crippen LogP contribution is 2.27. The summed E-state index contributed by atoms with van der Waals surface area (Å²) in [5, 5.41) is 6.45. The van der Waals surface area contributed by atoms with E-state index in [1.807, 2.05) is 41.3 Å². The van der Waals surface area contributed by atoms with E-state index in [0.29, 0.717) is 26.4 Å². The molecule has 0 aromatic heterocycles. The number of rotatable bonds is 7. The van der Waals surface area contributed by atoms with Gasteiger partial charge in [0.2, 0.25) is 0 Å². The molecule has 1 aliphatic heterocycles. The van der Waals surface area contributed by atoms with Crippen molar-refractivity contribution in [3.05, 3.63) is 76.3 Å². The summed E-state index contributed by atoms with van der Waals surface area (Å²) < 4.78 is 12.2. The van der Waals surface area contributed by atoms with Crippen molar-refractivity contribution in [1.29, 1.82) is 0 Å². The molecular weight excluding hydrogens is 458 g/mol. The third kappa shape index (κ3) is 5.91. The average Bonchev–Trinajstić information content (AvgIpc) is 2.79. The summed E-state index contributed by atoms with van der Waals surface area (Å²) >= 11 is 3.56. The molecule has 3 aromatic carbocycles. The number of carbonyl (C=O) groups is 1. The molecule has 4 rings (SSSR count). The third-order valence-electron chi connectivity index (χ3n) is 5.09. The zero-order valence-corrected chi connectivity index (χ0v) is 18.7. The minimum absolute atomic E-state index is 0.132. The lowest BCUT2D eigenvalue weighted by Gasteiger charge is -2.25. The van der Waals surface area contributed by atoms with Gasteiger partial charge < -0.3 is 9.47 Å². The first kappa shape index (κ1) is 21.5. The summed E-state index contributed by atoms with van der Waals surface area (Å²) in [7, 11) is 0. The van der Waals surface area contributed by atoms with Crippen LogP contribution in [0, 0.1) is 0 Å². The highest BCUT2D eigenvalue weighted by molar-refractivity contribution is 9.10. The van der Waals surface area contributed by atoms with Crippen LogP contribution in [-0.4, -0.2) is 49.9 Å². The van der Waals surface area contributed by atoms with Crippen LogP contribution in [0.5, 0.6) is 5.75 Å². The molecule has 0 aliphatic carbocycles. The lowest BCUT2D eigenvalue weighted by atomic mass is 10.1. The minimum Gasteiger partial charge on any atom is -0.488 e. The number of amides is 1. The van der Waals surface area contributed by atoms with Crippen LogP contribution in [-0.2, 0) is 16.1 Å². The fourth-order valence-corrected chi connectivity index (χ4v) is 3.98. The van der Waals surface area contributed by atoms with E-state index >= 15 is 0 Å². The molecule has 0 radical (unpaired) electrons. The number of hydrogen-bond acceptors (Lipinski definition) is 5. The Morgan fingerprint density at radius 2 is 1.94 bits per heavy atom. The van der Waals surface area contributed by atoms with E-state index in [1.165, 1.54) is 10.8 Å². The molecule has 1 amide bonds. The molecule has 1 heterocycles. The summed E-state index contributed by atoms with van der Waals surface area (Å²) in [6.45, 7) is 3.67. The molecule has 0 bridgehead atoms. The summed E-state index contributed by atoms with van der Waals surface area (Å²) in [5.74, 6) is 0.619. The van der Waals surface area contributed by atoms with Crippen LogP contribution in [0.25, 0.3) is 10.8 Å². The van der Waals surface area contributed by atoms with Gasteiger partial charge >= 0.3 is 0 Å². The molecule has 0 unspecified atom stereocenters. The van der Waals surface area contributed by atoms with Gasteiger partial charge in [0, 0.05) is 13.1 Å². The molecule has 31 heavy (non-hydrogen) atoms. The summed E-state index contributed by atoms with van der Waals surface area (Å²) in [4.78, 5) is 14.0. The average molecular weight is 482 g/mol. The molecule has 7 heteroatoms. The van der Waals surface area contributed by atoms with Crippen LogP contribution >= 0.6 is 15.9 Å². The largest absolute Gasteiger partial charge is 0.488 e. The number of hydrogen-bond donors (Lipinski definition) is 1. The van der Waals surface area contributed by atoms with Crippen LogP contribution < -0.4 is 10.2 Å². The monoisotopic (exact) mass is 481 g/mol. The molecule has 3 aromatic rings. The number of carbonyl (C=O) groups excluding carboxylic acids is 1. The maximum Gasteiger partial charge on any atom is 0.254 e. The van der Waals surface area contributed by atoms with E-state index in [-0.39, 0.29) is 5.91 Å². The lowest BCUT2D eigenvalue weighted by Crippen LogP contribution is -2.42. The van der Waals surface area contributed by atoms with Gasteiger partial charge in [-0.15, -0.1) is 0 Å². The topological polar surface area (TPSA) is 63.2 Å². The molecule has 1 fully saturated rings.